The first-order valence-electron chi connectivity index (χ1n) is 8.68. The molecule has 0 fully saturated rings. The third-order valence-corrected chi connectivity index (χ3v) is 4.68. The van der Waals surface area contributed by atoms with Crippen LogP contribution in [0.5, 0.6) is 0 Å². The Morgan fingerprint density at radius 2 is 1.86 bits per heavy atom. The number of rotatable bonds is 4. The van der Waals surface area contributed by atoms with E-state index >= 15 is 0 Å². The Bertz CT molecular complexity index is 1180. The highest BCUT2D eigenvalue weighted by Crippen LogP contribution is 2.24. The van der Waals surface area contributed by atoms with E-state index in [9.17, 15) is 9.18 Å². The van der Waals surface area contributed by atoms with E-state index in [0.29, 0.717) is 6.54 Å². The summed E-state index contributed by atoms with van der Waals surface area (Å²) in [6, 6.07) is 13.3. The zero-order valence-corrected chi connectivity index (χ0v) is 16.3. The fraction of sp³-hybridized carbons (Fsp3) is 0.143. The van der Waals surface area contributed by atoms with Gasteiger partial charge in [0.15, 0.2) is 5.65 Å². The van der Waals surface area contributed by atoms with Crippen molar-refractivity contribution >= 4 is 23.7 Å². The molecule has 0 atom stereocenters. The molecule has 7 heteroatoms. The molecule has 3 aromatic heterocycles. The summed E-state index contributed by atoms with van der Waals surface area (Å²) in [4.78, 5) is 16.9. The number of hydrogen-bond donors (Lipinski definition) is 1. The Labute approximate surface area is 167 Å². The average molecular weight is 399 g/mol. The van der Waals surface area contributed by atoms with Gasteiger partial charge < -0.3 is 9.72 Å². The summed E-state index contributed by atoms with van der Waals surface area (Å²) in [5, 5.41) is 3.37. The Morgan fingerprint density at radius 3 is 2.57 bits per heavy atom. The highest BCUT2D eigenvalue weighted by atomic mass is 35.5. The van der Waals surface area contributed by atoms with E-state index < -0.39 is 0 Å². The largest absolute Gasteiger partial charge is 0.378 e. The van der Waals surface area contributed by atoms with Crippen LogP contribution in [0.4, 0.5) is 10.1 Å². The van der Waals surface area contributed by atoms with Gasteiger partial charge >= 0.3 is 0 Å². The van der Waals surface area contributed by atoms with E-state index in [1.807, 2.05) is 36.6 Å². The molecule has 0 unspecified atom stereocenters. The molecule has 4 aromatic rings. The van der Waals surface area contributed by atoms with Crippen LogP contribution in [0.2, 0.25) is 0 Å². The minimum Gasteiger partial charge on any atom is -0.378 e. The lowest BCUT2D eigenvalue weighted by Crippen LogP contribution is -2.16. The summed E-state index contributed by atoms with van der Waals surface area (Å²) < 4.78 is 16.7. The average Bonchev–Trinajstić information content (AvgIpc) is 2.96. The van der Waals surface area contributed by atoms with Gasteiger partial charge in [-0.05, 0) is 43.7 Å². The Morgan fingerprint density at radius 1 is 1.11 bits per heavy atom. The minimum absolute atomic E-state index is 0. The maximum atomic E-state index is 13.1. The van der Waals surface area contributed by atoms with Crippen molar-refractivity contribution in [2.45, 2.75) is 20.4 Å². The predicted octanol–water partition coefficient (Wildman–Crippen LogP) is 4.28. The molecule has 1 aromatic carbocycles. The lowest BCUT2D eigenvalue weighted by atomic mass is 10.2. The number of pyridine rings is 2. The summed E-state index contributed by atoms with van der Waals surface area (Å²) >= 11 is 0. The molecule has 0 amide bonds. The van der Waals surface area contributed by atoms with Crippen LogP contribution < -0.4 is 10.9 Å². The van der Waals surface area contributed by atoms with Gasteiger partial charge in [-0.3, -0.25) is 9.36 Å². The van der Waals surface area contributed by atoms with Crippen molar-refractivity contribution in [3.05, 3.63) is 94.0 Å². The van der Waals surface area contributed by atoms with Gasteiger partial charge in [-0.15, -0.1) is 12.4 Å². The van der Waals surface area contributed by atoms with E-state index in [1.165, 1.54) is 18.2 Å². The molecule has 0 aliphatic carbocycles. The van der Waals surface area contributed by atoms with Crippen LogP contribution >= 0.6 is 12.4 Å². The SMILES string of the molecule is Cc1nc2c(NCc3ccc(F)cc3)cc(-n3ccccc3=O)cn2c1C.Cl. The summed E-state index contributed by atoms with van der Waals surface area (Å²) in [7, 11) is 0. The third-order valence-electron chi connectivity index (χ3n) is 4.68. The Hall–Kier alpha value is -3.12. The van der Waals surface area contributed by atoms with Crippen molar-refractivity contribution in [1.82, 2.24) is 14.0 Å². The normalized spacial score (nSPS) is 10.7. The highest BCUT2D eigenvalue weighted by molar-refractivity contribution is 5.85. The van der Waals surface area contributed by atoms with E-state index in [4.69, 9.17) is 0 Å². The van der Waals surface area contributed by atoms with Crippen LogP contribution in [-0.4, -0.2) is 14.0 Å². The number of nitrogens with one attached hydrogen (secondary N) is 1. The summed E-state index contributed by atoms with van der Waals surface area (Å²) in [5.74, 6) is -0.258. The molecule has 0 saturated carbocycles. The minimum atomic E-state index is -0.258. The molecule has 3 heterocycles. The van der Waals surface area contributed by atoms with Gasteiger partial charge in [0.05, 0.1) is 17.1 Å². The fourth-order valence-electron chi connectivity index (χ4n) is 3.06. The van der Waals surface area contributed by atoms with Crippen LogP contribution in [0.3, 0.4) is 0 Å². The Kier molecular flexibility index (Phi) is 5.51. The van der Waals surface area contributed by atoms with Gasteiger partial charge in [0.2, 0.25) is 0 Å². The van der Waals surface area contributed by atoms with Crippen LogP contribution in [-0.2, 0) is 6.54 Å². The van der Waals surface area contributed by atoms with E-state index in [-0.39, 0.29) is 23.8 Å². The first-order valence-corrected chi connectivity index (χ1v) is 8.68. The molecule has 0 radical (unpaired) electrons. The van der Waals surface area contributed by atoms with Gasteiger partial charge in [0.25, 0.3) is 5.56 Å². The van der Waals surface area contributed by atoms with Gasteiger partial charge in [-0.1, -0.05) is 18.2 Å². The first-order chi connectivity index (χ1) is 13.0. The summed E-state index contributed by atoms with van der Waals surface area (Å²) in [5.41, 5.74) is 5.14. The molecule has 0 spiro atoms. The van der Waals surface area contributed by atoms with Crippen molar-refractivity contribution < 1.29 is 4.39 Å². The number of imidazole rings is 1. The second kappa shape index (κ2) is 7.86. The van der Waals surface area contributed by atoms with E-state index in [0.717, 1.165) is 34.0 Å². The van der Waals surface area contributed by atoms with Crippen molar-refractivity contribution in [3.8, 4) is 5.69 Å². The van der Waals surface area contributed by atoms with Gasteiger partial charge in [-0.2, -0.15) is 0 Å². The topological polar surface area (TPSA) is 51.3 Å². The molecule has 4 rings (SSSR count). The van der Waals surface area contributed by atoms with E-state index in [1.54, 1.807) is 29.0 Å². The number of benzene rings is 1. The number of hydrogen-bond acceptors (Lipinski definition) is 3. The molecule has 28 heavy (non-hydrogen) atoms. The van der Waals surface area contributed by atoms with Crippen LogP contribution in [0.25, 0.3) is 11.3 Å². The molecule has 144 valence electrons. The van der Waals surface area contributed by atoms with Crippen molar-refractivity contribution in [3.63, 3.8) is 0 Å². The number of fused-ring (bicyclic) bond motifs is 1. The number of halogens is 2. The number of nitrogens with zero attached hydrogens (tertiary/aromatic N) is 3. The molecule has 0 aliphatic heterocycles. The Balaban J connectivity index is 0.00000225. The monoisotopic (exact) mass is 398 g/mol. The fourth-order valence-corrected chi connectivity index (χ4v) is 3.06. The highest BCUT2D eigenvalue weighted by Gasteiger charge is 2.12. The van der Waals surface area contributed by atoms with E-state index in [2.05, 4.69) is 10.3 Å². The second-order valence-electron chi connectivity index (χ2n) is 6.48. The van der Waals surface area contributed by atoms with Crippen molar-refractivity contribution in [2.24, 2.45) is 0 Å². The number of aromatic nitrogens is 3. The predicted molar refractivity (Wildman–Crippen MR) is 111 cm³/mol. The first kappa shape index (κ1) is 19.6. The van der Waals surface area contributed by atoms with Gasteiger partial charge in [0, 0.05) is 30.7 Å². The zero-order valence-electron chi connectivity index (χ0n) is 15.5. The van der Waals surface area contributed by atoms with Gasteiger partial charge in [0.1, 0.15) is 5.82 Å². The quantitative estimate of drug-likeness (QED) is 0.558. The molecule has 0 saturated heterocycles. The van der Waals surface area contributed by atoms with Crippen molar-refractivity contribution in [1.29, 1.82) is 0 Å². The summed E-state index contributed by atoms with van der Waals surface area (Å²) in [6.45, 7) is 4.48. The molecule has 0 bridgehead atoms. The lowest BCUT2D eigenvalue weighted by molar-refractivity contribution is 0.627. The molecular formula is C21H20ClFN4O. The zero-order chi connectivity index (χ0) is 19.0. The smallest absolute Gasteiger partial charge is 0.255 e. The second-order valence-corrected chi connectivity index (χ2v) is 6.48. The lowest BCUT2D eigenvalue weighted by Gasteiger charge is -2.13. The van der Waals surface area contributed by atoms with Crippen molar-refractivity contribution in [2.75, 3.05) is 5.32 Å². The number of anilines is 1. The number of aryl methyl sites for hydroxylation is 2. The molecule has 0 aliphatic rings. The molecular weight excluding hydrogens is 379 g/mol. The standard InChI is InChI=1S/C21H19FN4O.ClH/c1-14-15(2)26-13-18(25-10-4-3-5-20(25)27)11-19(21(26)24-14)23-12-16-6-8-17(22)9-7-16;/h3-11,13,23H,12H2,1-2H3;1H. The maximum absolute atomic E-state index is 13.1. The molecule has 5 nitrogen and oxygen atoms in total. The molecule has 1 N–H and O–H groups in total. The van der Waals surface area contributed by atoms with Gasteiger partial charge in [-0.25, -0.2) is 9.37 Å². The van der Waals surface area contributed by atoms with Crippen LogP contribution in [0.1, 0.15) is 17.0 Å². The third kappa shape index (κ3) is 3.64. The summed E-state index contributed by atoms with van der Waals surface area (Å²) in [6.07, 6.45) is 3.65. The van der Waals surface area contributed by atoms with Crippen LogP contribution in [0.15, 0.2) is 65.7 Å². The maximum Gasteiger partial charge on any atom is 0.255 e. The van der Waals surface area contributed by atoms with Crippen LogP contribution in [0, 0.1) is 19.7 Å².